The maximum atomic E-state index is 6.12. The van der Waals surface area contributed by atoms with E-state index in [1.807, 2.05) is 49.4 Å². The Hall–Kier alpha value is -2.18. The van der Waals surface area contributed by atoms with Crippen LogP contribution in [-0.4, -0.2) is 15.2 Å². The predicted octanol–water partition coefficient (Wildman–Crippen LogP) is 5.08. The first-order chi connectivity index (χ1) is 11.1. The van der Waals surface area contributed by atoms with Crippen LogP contribution in [0.3, 0.4) is 0 Å². The topological polar surface area (TPSA) is 62.7 Å². The smallest absolute Gasteiger partial charge is 0.249 e. The van der Waals surface area contributed by atoms with Gasteiger partial charge in [-0.1, -0.05) is 39.7 Å². The molecule has 0 saturated carbocycles. The molecule has 3 rings (SSSR count). The van der Waals surface area contributed by atoms with E-state index in [1.165, 1.54) is 0 Å². The van der Waals surface area contributed by atoms with E-state index in [2.05, 4.69) is 41.7 Å². The fourth-order valence-electron chi connectivity index (χ4n) is 1.93. The van der Waals surface area contributed by atoms with Crippen LogP contribution in [0.15, 0.2) is 53.1 Å². The number of hydrogen-bond acceptors (Lipinski definition) is 5. The highest BCUT2D eigenvalue weighted by Crippen LogP contribution is 2.23. The highest BCUT2D eigenvalue weighted by Gasteiger charge is 2.04. The van der Waals surface area contributed by atoms with Gasteiger partial charge < -0.3 is 10.6 Å². The monoisotopic (exact) mass is 389 g/mol. The van der Waals surface area contributed by atoms with Crippen molar-refractivity contribution in [2.45, 2.75) is 6.92 Å². The summed E-state index contributed by atoms with van der Waals surface area (Å²) in [5, 5.41) is 14.9. The molecule has 0 amide bonds. The Balaban J connectivity index is 1.78. The Morgan fingerprint density at radius 1 is 1.04 bits per heavy atom. The van der Waals surface area contributed by atoms with Crippen molar-refractivity contribution in [2.24, 2.45) is 0 Å². The zero-order chi connectivity index (χ0) is 16.2. The number of aromatic nitrogens is 3. The van der Waals surface area contributed by atoms with Gasteiger partial charge in [0, 0.05) is 20.9 Å². The Kier molecular flexibility index (Phi) is 4.73. The van der Waals surface area contributed by atoms with E-state index in [0.29, 0.717) is 16.8 Å². The second kappa shape index (κ2) is 6.93. The van der Waals surface area contributed by atoms with Crippen LogP contribution in [0.4, 0.5) is 23.1 Å². The van der Waals surface area contributed by atoms with Gasteiger partial charge in [-0.25, -0.2) is 0 Å². The SMILES string of the molecule is Cc1ccc(Nc2nncc(Nc3cccc(Br)c3)n2)cc1Cl. The average Bonchev–Trinajstić information content (AvgIpc) is 2.51. The van der Waals surface area contributed by atoms with Gasteiger partial charge in [-0.05, 0) is 42.8 Å². The fourth-order valence-corrected chi connectivity index (χ4v) is 2.51. The normalized spacial score (nSPS) is 10.4. The van der Waals surface area contributed by atoms with Crippen molar-refractivity contribution in [1.29, 1.82) is 0 Å². The Morgan fingerprint density at radius 3 is 2.65 bits per heavy atom. The molecule has 1 aromatic heterocycles. The molecule has 3 aromatic rings. The number of aryl methyl sites for hydroxylation is 1. The maximum Gasteiger partial charge on any atom is 0.249 e. The number of nitrogens with zero attached hydrogens (tertiary/aromatic N) is 3. The third kappa shape index (κ3) is 4.18. The summed E-state index contributed by atoms with van der Waals surface area (Å²) in [6, 6.07) is 13.5. The van der Waals surface area contributed by atoms with Crippen molar-refractivity contribution < 1.29 is 0 Å². The summed E-state index contributed by atoms with van der Waals surface area (Å²) >= 11 is 9.55. The summed E-state index contributed by atoms with van der Waals surface area (Å²) in [5.41, 5.74) is 2.73. The summed E-state index contributed by atoms with van der Waals surface area (Å²) in [4.78, 5) is 4.39. The van der Waals surface area contributed by atoms with Gasteiger partial charge in [0.1, 0.15) is 0 Å². The molecular formula is C16H13BrClN5. The summed E-state index contributed by atoms with van der Waals surface area (Å²) in [7, 11) is 0. The molecule has 0 aliphatic heterocycles. The van der Waals surface area contributed by atoms with Crippen LogP contribution in [0, 0.1) is 6.92 Å². The highest BCUT2D eigenvalue weighted by molar-refractivity contribution is 9.10. The van der Waals surface area contributed by atoms with Crippen molar-refractivity contribution in [3.05, 3.63) is 63.7 Å². The van der Waals surface area contributed by atoms with Crippen molar-refractivity contribution in [3.63, 3.8) is 0 Å². The van der Waals surface area contributed by atoms with Gasteiger partial charge in [-0.2, -0.15) is 10.1 Å². The first kappa shape index (κ1) is 15.7. The van der Waals surface area contributed by atoms with Gasteiger partial charge in [-0.15, -0.1) is 5.10 Å². The molecule has 23 heavy (non-hydrogen) atoms. The largest absolute Gasteiger partial charge is 0.339 e. The van der Waals surface area contributed by atoms with Crippen LogP contribution < -0.4 is 10.6 Å². The van der Waals surface area contributed by atoms with E-state index >= 15 is 0 Å². The van der Waals surface area contributed by atoms with Gasteiger partial charge in [0.15, 0.2) is 5.82 Å². The van der Waals surface area contributed by atoms with Gasteiger partial charge in [0.25, 0.3) is 0 Å². The third-order valence-corrected chi connectivity index (χ3v) is 3.98. The van der Waals surface area contributed by atoms with Gasteiger partial charge in [0.2, 0.25) is 5.95 Å². The number of halogens is 2. The maximum absolute atomic E-state index is 6.12. The number of benzene rings is 2. The Bertz CT molecular complexity index is 840. The summed E-state index contributed by atoms with van der Waals surface area (Å²) < 4.78 is 0.983. The van der Waals surface area contributed by atoms with Crippen LogP contribution in [0.25, 0.3) is 0 Å². The van der Waals surface area contributed by atoms with Crippen LogP contribution in [0.2, 0.25) is 5.02 Å². The number of rotatable bonds is 4. The molecule has 0 aliphatic carbocycles. The molecule has 0 atom stereocenters. The number of nitrogens with one attached hydrogen (secondary N) is 2. The molecule has 5 nitrogen and oxygen atoms in total. The van der Waals surface area contributed by atoms with Crippen molar-refractivity contribution >= 4 is 50.7 Å². The molecule has 0 fully saturated rings. The Morgan fingerprint density at radius 2 is 1.87 bits per heavy atom. The molecule has 0 radical (unpaired) electrons. The second-order valence-corrected chi connectivity index (χ2v) is 6.21. The van der Waals surface area contributed by atoms with Gasteiger partial charge >= 0.3 is 0 Å². The fraction of sp³-hybridized carbons (Fsp3) is 0.0625. The van der Waals surface area contributed by atoms with E-state index in [-0.39, 0.29) is 0 Å². The zero-order valence-corrected chi connectivity index (χ0v) is 14.6. The third-order valence-electron chi connectivity index (χ3n) is 3.08. The van der Waals surface area contributed by atoms with Crippen LogP contribution in [0.5, 0.6) is 0 Å². The molecule has 0 unspecified atom stereocenters. The molecule has 2 aromatic carbocycles. The average molecular weight is 391 g/mol. The van der Waals surface area contributed by atoms with E-state index in [4.69, 9.17) is 11.6 Å². The molecule has 0 saturated heterocycles. The minimum Gasteiger partial charge on any atom is -0.339 e. The van der Waals surface area contributed by atoms with Crippen molar-refractivity contribution in [2.75, 3.05) is 10.6 Å². The van der Waals surface area contributed by atoms with Crippen LogP contribution >= 0.6 is 27.5 Å². The minimum absolute atomic E-state index is 0.393. The first-order valence-electron chi connectivity index (χ1n) is 6.86. The van der Waals surface area contributed by atoms with E-state index < -0.39 is 0 Å². The first-order valence-corrected chi connectivity index (χ1v) is 8.03. The summed E-state index contributed by atoms with van der Waals surface area (Å²) in [5.74, 6) is 0.990. The van der Waals surface area contributed by atoms with E-state index in [0.717, 1.165) is 21.4 Å². The van der Waals surface area contributed by atoms with Gasteiger partial charge in [0.05, 0.1) is 6.20 Å². The van der Waals surface area contributed by atoms with E-state index in [1.54, 1.807) is 6.20 Å². The molecule has 0 bridgehead atoms. The van der Waals surface area contributed by atoms with Crippen molar-refractivity contribution in [3.8, 4) is 0 Å². The molecule has 2 N–H and O–H groups in total. The highest BCUT2D eigenvalue weighted by atomic mass is 79.9. The van der Waals surface area contributed by atoms with Crippen LogP contribution in [-0.2, 0) is 0 Å². The number of hydrogen-bond donors (Lipinski definition) is 2. The Labute approximate surface area is 147 Å². The standard InChI is InChI=1S/C16H13BrClN5/c1-10-5-6-13(8-14(10)18)21-16-22-15(9-19-23-16)20-12-4-2-3-11(17)7-12/h2-9H,1H3,(H2,20,21,22,23). The lowest BCUT2D eigenvalue weighted by Gasteiger charge is -2.08. The number of anilines is 4. The summed E-state index contributed by atoms with van der Waals surface area (Å²) in [6.45, 7) is 1.95. The zero-order valence-electron chi connectivity index (χ0n) is 12.2. The molecule has 116 valence electrons. The lowest BCUT2D eigenvalue weighted by molar-refractivity contribution is 0.982. The predicted molar refractivity (Wildman–Crippen MR) is 96.7 cm³/mol. The second-order valence-electron chi connectivity index (χ2n) is 4.89. The lowest BCUT2D eigenvalue weighted by atomic mass is 10.2. The molecule has 0 spiro atoms. The van der Waals surface area contributed by atoms with E-state index in [9.17, 15) is 0 Å². The minimum atomic E-state index is 0.393. The molecule has 7 heteroatoms. The molecular weight excluding hydrogens is 378 g/mol. The quantitative estimate of drug-likeness (QED) is 0.650. The van der Waals surface area contributed by atoms with Crippen molar-refractivity contribution in [1.82, 2.24) is 15.2 Å². The van der Waals surface area contributed by atoms with Crippen LogP contribution in [0.1, 0.15) is 5.56 Å². The van der Waals surface area contributed by atoms with Gasteiger partial charge in [-0.3, -0.25) is 0 Å². The summed E-state index contributed by atoms with van der Waals surface area (Å²) in [6.07, 6.45) is 1.56. The molecule has 0 aliphatic rings. The molecule has 1 heterocycles. The lowest BCUT2D eigenvalue weighted by Crippen LogP contribution is -2.02.